The Labute approximate surface area is 102 Å². The molecular formula is C14H18N2O. The van der Waals surface area contributed by atoms with Gasteiger partial charge in [-0.2, -0.15) is 0 Å². The smallest absolute Gasteiger partial charge is 0.142 e. The minimum Gasteiger partial charge on any atom is -0.495 e. The molecule has 3 nitrogen and oxygen atoms in total. The molecule has 1 aromatic carbocycles. The van der Waals surface area contributed by atoms with E-state index in [-0.39, 0.29) is 0 Å². The zero-order valence-electron chi connectivity index (χ0n) is 10.8. The monoisotopic (exact) mass is 230 g/mol. The van der Waals surface area contributed by atoms with Crippen LogP contribution in [0.4, 0.5) is 0 Å². The van der Waals surface area contributed by atoms with Crippen molar-refractivity contribution in [3.8, 4) is 11.4 Å². The number of benzene rings is 1. The summed E-state index contributed by atoms with van der Waals surface area (Å²) in [4.78, 5) is 4.40. The standard InChI is InChI=1S/C14H18N2O/c1-10(2)12-8-16(9-15-12)13-7-11(3)5-6-14(13)17-4/h5-10H,1-4H3. The van der Waals surface area contributed by atoms with Gasteiger partial charge in [0.05, 0.1) is 24.8 Å². The van der Waals surface area contributed by atoms with Crippen LogP contribution in [0.3, 0.4) is 0 Å². The summed E-state index contributed by atoms with van der Waals surface area (Å²) in [6.45, 7) is 6.35. The largest absolute Gasteiger partial charge is 0.495 e. The van der Waals surface area contributed by atoms with E-state index < -0.39 is 0 Å². The molecule has 2 aromatic rings. The fourth-order valence-electron chi connectivity index (χ4n) is 1.77. The molecule has 0 amide bonds. The van der Waals surface area contributed by atoms with Gasteiger partial charge in [0.25, 0.3) is 0 Å². The SMILES string of the molecule is COc1ccc(C)cc1-n1cnc(C(C)C)c1. The molecule has 2 rings (SSSR count). The molecule has 0 aliphatic rings. The molecule has 90 valence electrons. The molecule has 0 radical (unpaired) electrons. The third-order valence-electron chi connectivity index (χ3n) is 2.81. The van der Waals surface area contributed by atoms with Gasteiger partial charge < -0.3 is 9.30 Å². The summed E-state index contributed by atoms with van der Waals surface area (Å²) in [5.41, 5.74) is 3.33. The first-order valence-corrected chi connectivity index (χ1v) is 5.80. The first kappa shape index (κ1) is 11.7. The van der Waals surface area contributed by atoms with Crippen LogP contribution in [0, 0.1) is 6.92 Å². The molecule has 0 N–H and O–H groups in total. The Morgan fingerprint density at radius 2 is 2.06 bits per heavy atom. The number of ether oxygens (including phenoxy) is 1. The molecule has 0 saturated carbocycles. The first-order valence-electron chi connectivity index (χ1n) is 5.80. The summed E-state index contributed by atoms with van der Waals surface area (Å²) in [6.07, 6.45) is 3.90. The van der Waals surface area contributed by atoms with Crippen LogP contribution < -0.4 is 4.74 Å². The van der Waals surface area contributed by atoms with Crippen molar-refractivity contribution in [2.75, 3.05) is 7.11 Å². The Balaban J connectivity index is 2.47. The fraction of sp³-hybridized carbons (Fsp3) is 0.357. The Kier molecular flexibility index (Phi) is 3.18. The van der Waals surface area contributed by atoms with Crippen LogP contribution in [0.5, 0.6) is 5.75 Å². The van der Waals surface area contributed by atoms with Gasteiger partial charge in [-0.3, -0.25) is 0 Å². The number of imidazole rings is 1. The van der Waals surface area contributed by atoms with E-state index in [9.17, 15) is 0 Å². The first-order chi connectivity index (χ1) is 8.11. The highest BCUT2D eigenvalue weighted by Crippen LogP contribution is 2.25. The molecular weight excluding hydrogens is 212 g/mol. The third-order valence-corrected chi connectivity index (χ3v) is 2.81. The predicted octanol–water partition coefficient (Wildman–Crippen LogP) is 3.31. The van der Waals surface area contributed by atoms with Crippen molar-refractivity contribution in [2.24, 2.45) is 0 Å². The van der Waals surface area contributed by atoms with Gasteiger partial charge in [-0.25, -0.2) is 4.98 Å². The number of hydrogen-bond donors (Lipinski definition) is 0. The van der Waals surface area contributed by atoms with E-state index in [0.29, 0.717) is 5.92 Å². The van der Waals surface area contributed by atoms with E-state index >= 15 is 0 Å². The fourth-order valence-corrected chi connectivity index (χ4v) is 1.77. The molecule has 0 aliphatic carbocycles. The Morgan fingerprint density at radius 3 is 2.65 bits per heavy atom. The van der Waals surface area contributed by atoms with Crippen LogP contribution in [0.25, 0.3) is 5.69 Å². The molecule has 17 heavy (non-hydrogen) atoms. The van der Waals surface area contributed by atoms with Gasteiger partial charge in [-0.1, -0.05) is 19.9 Å². The maximum absolute atomic E-state index is 5.38. The lowest BCUT2D eigenvalue weighted by Gasteiger charge is -2.09. The van der Waals surface area contributed by atoms with Crippen LogP contribution in [-0.4, -0.2) is 16.7 Å². The van der Waals surface area contributed by atoms with Crippen LogP contribution in [0.15, 0.2) is 30.7 Å². The second-order valence-corrected chi connectivity index (χ2v) is 4.54. The Bertz CT molecular complexity index is 515. The van der Waals surface area contributed by atoms with E-state index in [1.54, 1.807) is 7.11 Å². The Hall–Kier alpha value is -1.77. The number of hydrogen-bond acceptors (Lipinski definition) is 2. The highest BCUT2D eigenvalue weighted by Gasteiger charge is 2.08. The molecule has 0 fully saturated rings. The summed E-state index contributed by atoms with van der Waals surface area (Å²) in [6, 6.07) is 6.13. The molecule has 1 aromatic heterocycles. The molecule has 1 heterocycles. The normalized spacial score (nSPS) is 10.9. The minimum atomic E-state index is 0.437. The van der Waals surface area contributed by atoms with Crippen molar-refractivity contribution < 1.29 is 4.74 Å². The lowest BCUT2D eigenvalue weighted by atomic mass is 10.1. The number of nitrogens with zero attached hydrogens (tertiary/aromatic N) is 2. The lowest BCUT2D eigenvalue weighted by molar-refractivity contribution is 0.412. The van der Waals surface area contributed by atoms with Crippen molar-refractivity contribution in [2.45, 2.75) is 26.7 Å². The summed E-state index contributed by atoms with van der Waals surface area (Å²) in [7, 11) is 1.69. The molecule has 0 unspecified atom stereocenters. The highest BCUT2D eigenvalue weighted by molar-refractivity contribution is 5.49. The molecule has 0 bridgehead atoms. The van der Waals surface area contributed by atoms with E-state index in [4.69, 9.17) is 4.74 Å². The molecule has 0 aliphatic heterocycles. The molecule has 3 heteroatoms. The molecule has 0 saturated heterocycles. The van der Waals surface area contributed by atoms with Crippen molar-refractivity contribution in [3.63, 3.8) is 0 Å². The summed E-state index contributed by atoms with van der Waals surface area (Å²) < 4.78 is 7.39. The van der Waals surface area contributed by atoms with Gasteiger partial charge in [-0.15, -0.1) is 0 Å². The summed E-state index contributed by atoms with van der Waals surface area (Å²) in [5.74, 6) is 1.30. The molecule has 0 spiro atoms. The van der Waals surface area contributed by atoms with Crippen molar-refractivity contribution in [3.05, 3.63) is 42.0 Å². The zero-order chi connectivity index (χ0) is 12.4. The highest BCUT2D eigenvalue weighted by atomic mass is 16.5. The minimum absolute atomic E-state index is 0.437. The van der Waals surface area contributed by atoms with Gasteiger partial charge in [0.2, 0.25) is 0 Å². The average molecular weight is 230 g/mol. The van der Waals surface area contributed by atoms with Gasteiger partial charge in [0.15, 0.2) is 0 Å². The Morgan fingerprint density at radius 1 is 1.29 bits per heavy atom. The van der Waals surface area contributed by atoms with Gasteiger partial charge >= 0.3 is 0 Å². The van der Waals surface area contributed by atoms with Crippen LogP contribution in [0.2, 0.25) is 0 Å². The van der Waals surface area contributed by atoms with Crippen molar-refractivity contribution >= 4 is 0 Å². The third kappa shape index (κ3) is 2.33. The lowest BCUT2D eigenvalue weighted by Crippen LogP contribution is -1.96. The van der Waals surface area contributed by atoms with E-state index in [1.165, 1.54) is 5.56 Å². The number of aryl methyl sites for hydroxylation is 1. The summed E-state index contributed by atoms with van der Waals surface area (Å²) >= 11 is 0. The topological polar surface area (TPSA) is 27.1 Å². The second kappa shape index (κ2) is 4.62. The number of methoxy groups -OCH3 is 1. The number of rotatable bonds is 3. The maximum atomic E-state index is 5.38. The van der Waals surface area contributed by atoms with E-state index in [2.05, 4.69) is 38.0 Å². The molecule has 0 atom stereocenters. The van der Waals surface area contributed by atoms with Crippen LogP contribution >= 0.6 is 0 Å². The predicted molar refractivity (Wildman–Crippen MR) is 68.9 cm³/mol. The van der Waals surface area contributed by atoms with E-state index in [1.807, 2.05) is 23.0 Å². The van der Waals surface area contributed by atoms with Gasteiger partial charge in [0.1, 0.15) is 5.75 Å². The van der Waals surface area contributed by atoms with Crippen molar-refractivity contribution in [1.82, 2.24) is 9.55 Å². The average Bonchev–Trinajstić information content (AvgIpc) is 2.78. The van der Waals surface area contributed by atoms with Crippen LogP contribution in [-0.2, 0) is 0 Å². The van der Waals surface area contributed by atoms with Gasteiger partial charge in [-0.05, 0) is 30.5 Å². The van der Waals surface area contributed by atoms with Crippen LogP contribution in [0.1, 0.15) is 31.0 Å². The number of aromatic nitrogens is 2. The summed E-state index contributed by atoms with van der Waals surface area (Å²) in [5, 5.41) is 0. The zero-order valence-corrected chi connectivity index (χ0v) is 10.8. The van der Waals surface area contributed by atoms with Crippen molar-refractivity contribution in [1.29, 1.82) is 0 Å². The maximum Gasteiger partial charge on any atom is 0.142 e. The quantitative estimate of drug-likeness (QED) is 0.808. The van der Waals surface area contributed by atoms with Gasteiger partial charge in [0, 0.05) is 6.20 Å². The second-order valence-electron chi connectivity index (χ2n) is 4.54. The van der Waals surface area contributed by atoms with E-state index in [0.717, 1.165) is 17.1 Å².